The molecule has 0 radical (unpaired) electrons. The van der Waals surface area contributed by atoms with E-state index in [2.05, 4.69) is 43.3 Å². The Morgan fingerprint density at radius 2 is 1.71 bits per heavy atom. The molecule has 0 bridgehead atoms. The van der Waals surface area contributed by atoms with Crippen molar-refractivity contribution in [3.63, 3.8) is 0 Å². The molecule has 1 aliphatic rings. The maximum atomic E-state index is 2.44. The number of rotatable bonds is 6. The zero-order chi connectivity index (χ0) is 14.5. The predicted molar refractivity (Wildman–Crippen MR) is 93.0 cm³/mol. The summed E-state index contributed by atoms with van der Waals surface area (Å²) in [6.07, 6.45) is 12.4. The summed E-state index contributed by atoms with van der Waals surface area (Å²) < 4.78 is 0. The van der Waals surface area contributed by atoms with Gasteiger partial charge in [-0.2, -0.15) is 0 Å². The quantitative estimate of drug-likeness (QED) is 0.521. The summed E-state index contributed by atoms with van der Waals surface area (Å²) in [4.78, 5) is 0. The minimum atomic E-state index is 0.829. The topological polar surface area (TPSA) is 0 Å². The van der Waals surface area contributed by atoms with Crippen molar-refractivity contribution in [1.82, 2.24) is 0 Å². The van der Waals surface area contributed by atoms with Gasteiger partial charge in [0.2, 0.25) is 0 Å². The molecular weight excluding hydrogens is 252 g/mol. The highest BCUT2D eigenvalue weighted by Crippen LogP contribution is 2.38. The lowest BCUT2D eigenvalue weighted by Gasteiger charge is -2.18. The van der Waals surface area contributed by atoms with Gasteiger partial charge < -0.3 is 0 Å². The molecule has 0 amide bonds. The Kier molecular flexibility index (Phi) is 4.95. The molecule has 0 aromatic heterocycles. The molecule has 2 aromatic rings. The van der Waals surface area contributed by atoms with Gasteiger partial charge in [0, 0.05) is 0 Å². The van der Waals surface area contributed by atoms with Gasteiger partial charge in [-0.3, -0.25) is 0 Å². The van der Waals surface area contributed by atoms with Crippen LogP contribution in [-0.2, 0) is 6.42 Å². The van der Waals surface area contributed by atoms with E-state index in [0.717, 1.165) is 5.92 Å². The third-order valence-electron chi connectivity index (χ3n) is 5.15. The van der Waals surface area contributed by atoms with E-state index in [0.29, 0.717) is 0 Å². The smallest absolute Gasteiger partial charge is 0.0149 e. The molecule has 2 aromatic carbocycles. The largest absolute Gasteiger partial charge is 0.0654 e. The summed E-state index contributed by atoms with van der Waals surface area (Å²) in [5.74, 6) is 0.829. The minimum absolute atomic E-state index is 0.829. The van der Waals surface area contributed by atoms with Crippen LogP contribution in [0.2, 0.25) is 0 Å². The first-order chi connectivity index (χ1) is 10.4. The van der Waals surface area contributed by atoms with E-state index in [1.165, 1.54) is 68.6 Å². The SMILES string of the molecule is CCCCCCc1c(C2CCCC2)ccc2ccccc12. The fourth-order valence-electron chi connectivity index (χ4n) is 3.98. The van der Waals surface area contributed by atoms with Gasteiger partial charge in [-0.1, -0.05) is 75.4 Å². The number of benzene rings is 2. The van der Waals surface area contributed by atoms with E-state index in [1.807, 2.05) is 0 Å². The van der Waals surface area contributed by atoms with E-state index in [9.17, 15) is 0 Å². The number of hydrogen-bond acceptors (Lipinski definition) is 0. The summed E-state index contributed by atoms with van der Waals surface area (Å²) in [5.41, 5.74) is 3.33. The lowest BCUT2D eigenvalue weighted by Crippen LogP contribution is -2.01. The van der Waals surface area contributed by atoms with Crippen molar-refractivity contribution in [2.75, 3.05) is 0 Å². The van der Waals surface area contributed by atoms with Crippen molar-refractivity contribution >= 4 is 10.8 Å². The van der Waals surface area contributed by atoms with Gasteiger partial charge in [0.15, 0.2) is 0 Å². The predicted octanol–water partition coefficient (Wildman–Crippen LogP) is 6.62. The zero-order valence-electron chi connectivity index (χ0n) is 13.4. The van der Waals surface area contributed by atoms with Crippen LogP contribution in [0.3, 0.4) is 0 Å². The van der Waals surface area contributed by atoms with Gasteiger partial charge in [-0.25, -0.2) is 0 Å². The van der Waals surface area contributed by atoms with Crippen LogP contribution < -0.4 is 0 Å². The highest BCUT2D eigenvalue weighted by molar-refractivity contribution is 5.87. The van der Waals surface area contributed by atoms with Crippen LogP contribution >= 0.6 is 0 Å². The fourth-order valence-corrected chi connectivity index (χ4v) is 3.98. The molecule has 0 spiro atoms. The molecule has 0 unspecified atom stereocenters. The van der Waals surface area contributed by atoms with Crippen LogP contribution in [0.1, 0.15) is 75.3 Å². The Balaban J connectivity index is 1.92. The van der Waals surface area contributed by atoms with E-state index < -0.39 is 0 Å². The average molecular weight is 280 g/mol. The standard InChI is InChI=1S/C21H28/c1-2-3-4-5-14-21-19-13-9-8-12-18(19)15-16-20(21)17-10-6-7-11-17/h8-9,12-13,15-17H,2-7,10-11,14H2,1H3. The first kappa shape index (κ1) is 14.6. The summed E-state index contributed by atoms with van der Waals surface area (Å²) in [7, 11) is 0. The van der Waals surface area contributed by atoms with Crippen molar-refractivity contribution in [2.24, 2.45) is 0 Å². The van der Waals surface area contributed by atoms with Gasteiger partial charge >= 0.3 is 0 Å². The van der Waals surface area contributed by atoms with Crippen LogP contribution in [0.25, 0.3) is 10.8 Å². The van der Waals surface area contributed by atoms with Crippen molar-refractivity contribution in [2.45, 2.75) is 70.6 Å². The van der Waals surface area contributed by atoms with Crippen LogP contribution in [0.4, 0.5) is 0 Å². The molecule has 0 N–H and O–H groups in total. The second kappa shape index (κ2) is 7.11. The Labute approximate surface area is 129 Å². The number of fused-ring (bicyclic) bond motifs is 1. The molecule has 112 valence electrons. The first-order valence-corrected chi connectivity index (χ1v) is 8.90. The zero-order valence-corrected chi connectivity index (χ0v) is 13.4. The second-order valence-electron chi connectivity index (χ2n) is 6.65. The van der Waals surface area contributed by atoms with Crippen LogP contribution in [0.15, 0.2) is 36.4 Å². The Bertz CT molecular complexity index is 576. The lowest BCUT2D eigenvalue weighted by molar-refractivity contribution is 0.656. The Morgan fingerprint density at radius 3 is 2.52 bits per heavy atom. The van der Waals surface area contributed by atoms with Crippen molar-refractivity contribution in [3.8, 4) is 0 Å². The molecule has 0 atom stereocenters. The molecular formula is C21H28. The van der Waals surface area contributed by atoms with Gasteiger partial charge in [-0.15, -0.1) is 0 Å². The van der Waals surface area contributed by atoms with E-state index in [4.69, 9.17) is 0 Å². The highest BCUT2D eigenvalue weighted by Gasteiger charge is 2.20. The Morgan fingerprint density at radius 1 is 0.905 bits per heavy atom. The third-order valence-corrected chi connectivity index (χ3v) is 5.15. The molecule has 3 rings (SSSR count). The molecule has 0 heterocycles. The van der Waals surface area contributed by atoms with Gasteiger partial charge in [0.1, 0.15) is 0 Å². The number of unbranched alkanes of at least 4 members (excludes halogenated alkanes) is 3. The average Bonchev–Trinajstić information content (AvgIpc) is 3.05. The fraction of sp³-hybridized carbons (Fsp3) is 0.524. The van der Waals surface area contributed by atoms with Crippen molar-refractivity contribution in [1.29, 1.82) is 0 Å². The van der Waals surface area contributed by atoms with Gasteiger partial charge in [-0.05, 0) is 53.5 Å². The summed E-state index contributed by atoms with van der Waals surface area (Å²) in [6, 6.07) is 13.8. The van der Waals surface area contributed by atoms with E-state index in [-0.39, 0.29) is 0 Å². The Hall–Kier alpha value is -1.30. The molecule has 0 nitrogen and oxygen atoms in total. The third kappa shape index (κ3) is 3.31. The molecule has 1 saturated carbocycles. The molecule has 0 heteroatoms. The van der Waals surface area contributed by atoms with Crippen LogP contribution in [0.5, 0.6) is 0 Å². The normalized spacial score (nSPS) is 15.9. The number of hydrogen-bond donors (Lipinski definition) is 0. The first-order valence-electron chi connectivity index (χ1n) is 8.90. The molecule has 21 heavy (non-hydrogen) atoms. The molecule has 0 aliphatic heterocycles. The minimum Gasteiger partial charge on any atom is -0.0654 e. The monoisotopic (exact) mass is 280 g/mol. The summed E-state index contributed by atoms with van der Waals surface area (Å²) in [6.45, 7) is 2.29. The van der Waals surface area contributed by atoms with Crippen LogP contribution in [0, 0.1) is 0 Å². The van der Waals surface area contributed by atoms with E-state index >= 15 is 0 Å². The number of aryl methyl sites for hydroxylation is 1. The summed E-state index contributed by atoms with van der Waals surface area (Å²) in [5, 5.41) is 2.93. The molecule has 0 saturated heterocycles. The molecule has 1 fully saturated rings. The lowest BCUT2D eigenvalue weighted by atomic mass is 9.87. The highest BCUT2D eigenvalue weighted by atomic mass is 14.3. The molecule has 1 aliphatic carbocycles. The van der Waals surface area contributed by atoms with Gasteiger partial charge in [0.25, 0.3) is 0 Å². The van der Waals surface area contributed by atoms with E-state index in [1.54, 1.807) is 11.1 Å². The van der Waals surface area contributed by atoms with Crippen molar-refractivity contribution < 1.29 is 0 Å². The summed E-state index contributed by atoms with van der Waals surface area (Å²) >= 11 is 0. The van der Waals surface area contributed by atoms with Gasteiger partial charge in [0.05, 0.1) is 0 Å². The van der Waals surface area contributed by atoms with Crippen LogP contribution in [-0.4, -0.2) is 0 Å². The van der Waals surface area contributed by atoms with Crippen molar-refractivity contribution in [3.05, 3.63) is 47.5 Å². The second-order valence-corrected chi connectivity index (χ2v) is 6.65. The maximum Gasteiger partial charge on any atom is -0.0149 e. The maximum absolute atomic E-state index is 2.44.